The molecule has 0 spiro atoms. The zero-order chi connectivity index (χ0) is 10.0. The molecular formula is C8H6F2O3. The molecule has 0 bridgehead atoms. The van der Waals surface area contributed by atoms with Crippen molar-refractivity contribution in [3.8, 4) is 0 Å². The summed E-state index contributed by atoms with van der Waals surface area (Å²) in [5.74, 6) is -4.03. The third kappa shape index (κ3) is 1.81. The van der Waals surface area contributed by atoms with E-state index in [1.165, 1.54) is 0 Å². The Labute approximate surface area is 72.2 Å². The maximum absolute atomic E-state index is 12.8. The maximum Gasteiger partial charge on any atom is 0.341 e. The van der Waals surface area contributed by atoms with Gasteiger partial charge in [-0.1, -0.05) is 0 Å². The molecule has 0 atom stereocenters. The molecule has 70 valence electrons. The molecule has 0 aromatic heterocycles. The molecule has 0 saturated carbocycles. The summed E-state index contributed by atoms with van der Waals surface area (Å²) >= 11 is 0. The van der Waals surface area contributed by atoms with Crippen LogP contribution in [0.3, 0.4) is 0 Å². The Bertz CT molecular complexity index is 326. The van der Waals surface area contributed by atoms with Crippen LogP contribution in [0, 0.1) is 11.6 Å². The number of hydrogen-bond acceptors (Lipinski definition) is 2. The van der Waals surface area contributed by atoms with Crippen LogP contribution in [-0.2, 0) is 6.61 Å². The van der Waals surface area contributed by atoms with Crippen LogP contribution in [-0.4, -0.2) is 16.2 Å². The molecule has 1 rings (SSSR count). The number of aliphatic hydroxyl groups excluding tert-OH is 1. The molecule has 2 N–H and O–H groups in total. The molecule has 5 heteroatoms. The predicted molar refractivity (Wildman–Crippen MR) is 39.2 cm³/mol. The second-order valence-corrected chi connectivity index (χ2v) is 2.40. The fourth-order valence-corrected chi connectivity index (χ4v) is 0.921. The summed E-state index contributed by atoms with van der Waals surface area (Å²) in [5.41, 5.74) is -1.00. The molecule has 0 unspecified atom stereocenters. The Balaban J connectivity index is 3.31. The van der Waals surface area contributed by atoms with E-state index in [2.05, 4.69) is 0 Å². The number of carboxylic acid groups (broad SMARTS) is 1. The van der Waals surface area contributed by atoms with Crippen LogP contribution in [0.1, 0.15) is 15.9 Å². The summed E-state index contributed by atoms with van der Waals surface area (Å²) in [6.07, 6.45) is 0. The van der Waals surface area contributed by atoms with Crippen molar-refractivity contribution in [3.63, 3.8) is 0 Å². The van der Waals surface area contributed by atoms with E-state index in [0.29, 0.717) is 0 Å². The van der Waals surface area contributed by atoms with Crippen molar-refractivity contribution in [2.24, 2.45) is 0 Å². The van der Waals surface area contributed by atoms with Gasteiger partial charge in [0.05, 0.1) is 6.61 Å². The van der Waals surface area contributed by atoms with Gasteiger partial charge in [0.2, 0.25) is 0 Å². The third-order valence-corrected chi connectivity index (χ3v) is 1.50. The van der Waals surface area contributed by atoms with Gasteiger partial charge in [-0.25, -0.2) is 13.6 Å². The van der Waals surface area contributed by atoms with E-state index in [9.17, 15) is 13.6 Å². The summed E-state index contributed by atoms with van der Waals surface area (Å²) < 4.78 is 25.6. The Hall–Kier alpha value is -1.49. The van der Waals surface area contributed by atoms with Crippen molar-refractivity contribution in [1.82, 2.24) is 0 Å². The molecule has 1 aromatic carbocycles. The van der Waals surface area contributed by atoms with Crippen LogP contribution >= 0.6 is 0 Å². The normalized spacial score (nSPS) is 10.1. The van der Waals surface area contributed by atoms with Crippen LogP contribution in [0.2, 0.25) is 0 Å². The molecule has 0 aliphatic rings. The van der Waals surface area contributed by atoms with Crippen molar-refractivity contribution >= 4 is 5.97 Å². The first-order valence-electron chi connectivity index (χ1n) is 3.38. The van der Waals surface area contributed by atoms with Gasteiger partial charge in [-0.05, 0) is 17.7 Å². The van der Waals surface area contributed by atoms with E-state index in [1.54, 1.807) is 0 Å². The molecule has 0 radical (unpaired) electrons. The number of rotatable bonds is 2. The van der Waals surface area contributed by atoms with Crippen molar-refractivity contribution < 1.29 is 23.8 Å². The van der Waals surface area contributed by atoms with E-state index in [1.807, 2.05) is 0 Å². The average Bonchev–Trinajstić information content (AvgIpc) is 2.02. The Morgan fingerprint density at radius 2 is 1.77 bits per heavy atom. The lowest BCUT2D eigenvalue weighted by Gasteiger charge is -2.01. The number of carboxylic acids is 1. The topological polar surface area (TPSA) is 57.5 Å². The lowest BCUT2D eigenvalue weighted by atomic mass is 10.1. The largest absolute Gasteiger partial charge is 0.477 e. The molecule has 0 saturated heterocycles. The molecule has 3 nitrogen and oxygen atoms in total. The first kappa shape index (κ1) is 9.60. The summed E-state index contributed by atoms with van der Waals surface area (Å²) in [4.78, 5) is 10.3. The fourth-order valence-electron chi connectivity index (χ4n) is 0.921. The van der Waals surface area contributed by atoms with E-state index in [-0.39, 0.29) is 5.56 Å². The van der Waals surface area contributed by atoms with E-state index in [0.717, 1.165) is 12.1 Å². The van der Waals surface area contributed by atoms with Crippen molar-refractivity contribution in [1.29, 1.82) is 0 Å². The molecule has 0 amide bonds. The van der Waals surface area contributed by atoms with Gasteiger partial charge >= 0.3 is 5.97 Å². The van der Waals surface area contributed by atoms with Crippen molar-refractivity contribution in [3.05, 3.63) is 34.9 Å². The van der Waals surface area contributed by atoms with Gasteiger partial charge < -0.3 is 10.2 Å². The second kappa shape index (κ2) is 3.49. The lowest BCUT2D eigenvalue weighted by molar-refractivity contribution is 0.0686. The van der Waals surface area contributed by atoms with Gasteiger partial charge in [0, 0.05) is 0 Å². The minimum atomic E-state index is -1.67. The highest BCUT2D eigenvalue weighted by atomic mass is 19.1. The molecule has 0 heterocycles. The fraction of sp³-hybridized carbons (Fsp3) is 0.125. The van der Waals surface area contributed by atoms with Gasteiger partial charge in [0.1, 0.15) is 17.2 Å². The van der Waals surface area contributed by atoms with Crippen molar-refractivity contribution in [2.75, 3.05) is 0 Å². The van der Waals surface area contributed by atoms with Crippen LogP contribution in [0.5, 0.6) is 0 Å². The monoisotopic (exact) mass is 188 g/mol. The molecule has 1 aromatic rings. The molecule has 0 aliphatic heterocycles. The van der Waals surface area contributed by atoms with Gasteiger partial charge in [-0.2, -0.15) is 0 Å². The number of halogens is 2. The average molecular weight is 188 g/mol. The van der Waals surface area contributed by atoms with Gasteiger partial charge in [0.25, 0.3) is 0 Å². The summed E-state index contributed by atoms with van der Waals surface area (Å²) in [6.45, 7) is -0.534. The molecule has 13 heavy (non-hydrogen) atoms. The summed E-state index contributed by atoms with van der Waals surface area (Å²) in [7, 11) is 0. The highest BCUT2D eigenvalue weighted by Crippen LogP contribution is 2.15. The number of aliphatic hydroxyl groups is 1. The van der Waals surface area contributed by atoms with Gasteiger partial charge in [0.15, 0.2) is 0 Å². The SMILES string of the molecule is O=C(O)c1c(F)cc(CO)cc1F. The molecule has 0 fully saturated rings. The van der Waals surface area contributed by atoms with Crippen LogP contribution < -0.4 is 0 Å². The number of benzene rings is 1. The van der Waals surface area contributed by atoms with Crippen LogP contribution in [0.4, 0.5) is 8.78 Å². The Kier molecular flexibility index (Phi) is 2.57. The third-order valence-electron chi connectivity index (χ3n) is 1.50. The first-order valence-corrected chi connectivity index (χ1v) is 3.38. The smallest absolute Gasteiger partial charge is 0.341 e. The zero-order valence-corrected chi connectivity index (χ0v) is 6.42. The molecule has 0 aliphatic carbocycles. The lowest BCUT2D eigenvalue weighted by Crippen LogP contribution is -2.05. The highest BCUT2D eigenvalue weighted by molar-refractivity contribution is 5.88. The highest BCUT2D eigenvalue weighted by Gasteiger charge is 2.17. The predicted octanol–water partition coefficient (Wildman–Crippen LogP) is 1.16. The van der Waals surface area contributed by atoms with Gasteiger partial charge in [-0.3, -0.25) is 0 Å². The first-order chi connectivity index (χ1) is 6.06. The number of hydrogen-bond donors (Lipinski definition) is 2. The minimum Gasteiger partial charge on any atom is -0.477 e. The quantitative estimate of drug-likeness (QED) is 0.732. The Morgan fingerprint density at radius 1 is 1.31 bits per heavy atom. The van der Waals surface area contributed by atoms with E-state index in [4.69, 9.17) is 10.2 Å². The van der Waals surface area contributed by atoms with Crippen molar-refractivity contribution in [2.45, 2.75) is 6.61 Å². The Morgan fingerprint density at radius 3 is 2.08 bits per heavy atom. The van der Waals surface area contributed by atoms with Crippen LogP contribution in [0.25, 0.3) is 0 Å². The molecular weight excluding hydrogens is 182 g/mol. The van der Waals surface area contributed by atoms with E-state index < -0.39 is 29.8 Å². The number of carbonyl (C=O) groups is 1. The van der Waals surface area contributed by atoms with Gasteiger partial charge in [-0.15, -0.1) is 0 Å². The standard InChI is InChI=1S/C8H6F2O3/c9-5-1-4(3-11)2-6(10)7(5)8(12)13/h1-2,11H,3H2,(H,12,13). The second-order valence-electron chi connectivity index (χ2n) is 2.40. The summed E-state index contributed by atoms with van der Waals surface area (Å²) in [6, 6.07) is 1.57. The zero-order valence-electron chi connectivity index (χ0n) is 6.42. The minimum absolute atomic E-state index is 0.000000000000000444. The maximum atomic E-state index is 12.8. The van der Waals surface area contributed by atoms with Crippen LogP contribution in [0.15, 0.2) is 12.1 Å². The summed E-state index contributed by atoms with van der Waals surface area (Å²) in [5, 5.41) is 16.9. The van der Waals surface area contributed by atoms with E-state index >= 15 is 0 Å². The number of aromatic carboxylic acids is 1.